The Bertz CT molecular complexity index is 761. The van der Waals surface area contributed by atoms with Gasteiger partial charge in [-0.2, -0.15) is 0 Å². The van der Waals surface area contributed by atoms with E-state index in [1.165, 1.54) is 18.2 Å². The number of anilines is 1. The number of rotatable bonds is 5. The molecule has 0 spiro atoms. The smallest absolute Gasteiger partial charge is 0.496 e. The molecule has 2 rings (SSSR count). The largest absolute Gasteiger partial charge is 0.573 e. The van der Waals surface area contributed by atoms with Crippen molar-refractivity contribution in [2.75, 3.05) is 12.4 Å². The van der Waals surface area contributed by atoms with E-state index >= 15 is 0 Å². The predicted octanol–water partition coefficient (Wildman–Crippen LogP) is 3.83. The Labute approximate surface area is 143 Å². The molecule has 0 bridgehead atoms. The van der Waals surface area contributed by atoms with E-state index in [2.05, 4.69) is 15.0 Å². The second-order valence-corrected chi connectivity index (χ2v) is 5.19. The van der Waals surface area contributed by atoms with Crippen molar-refractivity contribution in [1.82, 2.24) is 0 Å². The van der Waals surface area contributed by atoms with Crippen molar-refractivity contribution in [1.29, 1.82) is 0 Å². The number of para-hydroxylation sites is 2. The lowest BCUT2D eigenvalue weighted by Gasteiger charge is -2.14. The van der Waals surface area contributed by atoms with Crippen molar-refractivity contribution in [2.24, 2.45) is 10.7 Å². The fraction of sp³-hybridized carbons (Fsp3) is 0.235. The molecule has 0 aromatic heterocycles. The molecule has 0 unspecified atom stereocenters. The van der Waals surface area contributed by atoms with Crippen LogP contribution >= 0.6 is 0 Å². The summed E-state index contributed by atoms with van der Waals surface area (Å²) in [6.45, 7) is 2.15. The van der Waals surface area contributed by atoms with Crippen LogP contribution in [0.25, 0.3) is 0 Å². The van der Waals surface area contributed by atoms with Gasteiger partial charge < -0.3 is 20.5 Å². The van der Waals surface area contributed by atoms with Gasteiger partial charge in [0.25, 0.3) is 0 Å². The number of alkyl halides is 3. The van der Waals surface area contributed by atoms with Crippen molar-refractivity contribution in [2.45, 2.75) is 19.8 Å². The molecule has 0 amide bonds. The van der Waals surface area contributed by atoms with E-state index in [1.807, 2.05) is 25.1 Å². The minimum atomic E-state index is -4.79. The van der Waals surface area contributed by atoms with Gasteiger partial charge in [-0.15, -0.1) is 13.2 Å². The number of guanidine groups is 1. The molecule has 134 valence electrons. The van der Waals surface area contributed by atoms with E-state index in [4.69, 9.17) is 10.5 Å². The van der Waals surface area contributed by atoms with Gasteiger partial charge in [0.1, 0.15) is 5.75 Å². The van der Waals surface area contributed by atoms with Crippen LogP contribution in [0, 0.1) is 6.92 Å². The number of nitrogens with two attached hydrogens (primary N) is 1. The van der Waals surface area contributed by atoms with Crippen LogP contribution in [0.5, 0.6) is 11.5 Å². The molecular formula is C17H18F3N3O2. The molecule has 0 aliphatic rings. The summed E-state index contributed by atoms with van der Waals surface area (Å²) in [5.41, 5.74) is 7.67. The lowest BCUT2D eigenvalue weighted by Crippen LogP contribution is -2.24. The average molecular weight is 353 g/mol. The zero-order valence-electron chi connectivity index (χ0n) is 13.7. The van der Waals surface area contributed by atoms with Crippen molar-refractivity contribution >= 4 is 11.6 Å². The molecule has 0 saturated carbocycles. The third-order valence-electron chi connectivity index (χ3n) is 3.24. The predicted molar refractivity (Wildman–Crippen MR) is 89.8 cm³/mol. The second kappa shape index (κ2) is 7.78. The molecule has 2 aromatic rings. The number of hydrogen-bond donors (Lipinski definition) is 2. The molecule has 0 heterocycles. The summed E-state index contributed by atoms with van der Waals surface area (Å²) >= 11 is 0. The van der Waals surface area contributed by atoms with Gasteiger partial charge in [0.15, 0.2) is 11.7 Å². The van der Waals surface area contributed by atoms with E-state index in [0.717, 1.165) is 11.1 Å². The van der Waals surface area contributed by atoms with Crippen molar-refractivity contribution < 1.29 is 22.6 Å². The Hall–Kier alpha value is -2.90. The average Bonchev–Trinajstić information content (AvgIpc) is 2.54. The fourth-order valence-electron chi connectivity index (χ4n) is 2.11. The molecule has 25 heavy (non-hydrogen) atoms. The van der Waals surface area contributed by atoms with Crippen LogP contribution in [0.15, 0.2) is 47.5 Å². The van der Waals surface area contributed by atoms with Gasteiger partial charge in [0.2, 0.25) is 0 Å². The van der Waals surface area contributed by atoms with Crippen molar-refractivity contribution in [3.8, 4) is 11.5 Å². The molecule has 0 saturated heterocycles. The number of hydrogen-bond acceptors (Lipinski definition) is 3. The summed E-state index contributed by atoms with van der Waals surface area (Å²) in [4.78, 5) is 4.13. The van der Waals surface area contributed by atoms with Crippen LogP contribution in [-0.4, -0.2) is 19.4 Å². The van der Waals surface area contributed by atoms with E-state index in [9.17, 15) is 13.2 Å². The Morgan fingerprint density at radius 1 is 1.16 bits per heavy atom. The maximum Gasteiger partial charge on any atom is 0.573 e. The van der Waals surface area contributed by atoms with E-state index in [0.29, 0.717) is 5.75 Å². The van der Waals surface area contributed by atoms with Gasteiger partial charge in [-0.3, -0.25) is 0 Å². The molecule has 5 nitrogen and oxygen atoms in total. The number of aryl methyl sites for hydroxylation is 1. The molecule has 0 radical (unpaired) electrons. The molecule has 0 fully saturated rings. The number of nitrogens with one attached hydrogen (secondary N) is 1. The Kier molecular flexibility index (Phi) is 5.74. The molecule has 0 aliphatic heterocycles. The van der Waals surface area contributed by atoms with Gasteiger partial charge in [0.05, 0.1) is 19.3 Å². The van der Waals surface area contributed by atoms with Crippen LogP contribution < -0.4 is 20.5 Å². The molecule has 2 aromatic carbocycles. The van der Waals surface area contributed by atoms with Gasteiger partial charge in [-0.25, -0.2) is 4.99 Å². The Balaban J connectivity index is 2.12. The summed E-state index contributed by atoms with van der Waals surface area (Å²) in [7, 11) is 1.55. The number of nitrogens with zero attached hydrogens (tertiary/aromatic N) is 1. The highest BCUT2D eigenvalue weighted by Gasteiger charge is 2.32. The van der Waals surface area contributed by atoms with Crippen LogP contribution in [0.2, 0.25) is 0 Å². The quantitative estimate of drug-likeness (QED) is 0.633. The highest BCUT2D eigenvalue weighted by molar-refractivity contribution is 5.93. The zero-order valence-corrected chi connectivity index (χ0v) is 13.7. The molecule has 8 heteroatoms. The normalized spacial score (nSPS) is 12.0. The van der Waals surface area contributed by atoms with Gasteiger partial charge >= 0.3 is 6.36 Å². The fourth-order valence-corrected chi connectivity index (χ4v) is 2.11. The lowest BCUT2D eigenvalue weighted by atomic mass is 10.1. The summed E-state index contributed by atoms with van der Waals surface area (Å²) in [6, 6.07) is 11.2. The lowest BCUT2D eigenvalue weighted by molar-refractivity contribution is -0.274. The van der Waals surface area contributed by atoms with Gasteiger partial charge in [-0.1, -0.05) is 24.3 Å². The molecule has 0 atom stereocenters. The number of halogens is 3. The first-order chi connectivity index (χ1) is 11.8. The zero-order chi connectivity index (χ0) is 18.4. The first-order valence-corrected chi connectivity index (χ1v) is 7.34. The number of aliphatic imine (C=N–C) groups is 1. The Morgan fingerprint density at radius 3 is 2.56 bits per heavy atom. The van der Waals surface area contributed by atoms with Crippen molar-refractivity contribution in [3.05, 3.63) is 53.6 Å². The minimum Gasteiger partial charge on any atom is -0.496 e. The SMILES string of the molecule is COc1cc(C)ccc1CN=C(N)Nc1ccccc1OC(F)(F)F. The van der Waals surface area contributed by atoms with Crippen molar-refractivity contribution in [3.63, 3.8) is 0 Å². The molecule has 3 N–H and O–H groups in total. The molecular weight excluding hydrogens is 335 g/mol. The van der Waals surface area contributed by atoms with Crippen LogP contribution in [0.4, 0.5) is 18.9 Å². The van der Waals surface area contributed by atoms with E-state index < -0.39 is 6.36 Å². The topological polar surface area (TPSA) is 68.9 Å². The summed E-state index contributed by atoms with van der Waals surface area (Å²) in [5.74, 6) is 0.235. The number of methoxy groups -OCH3 is 1. The van der Waals surface area contributed by atoms with Gasteiger partial charge in [0, 0.05) is 5.56 Å². The summed E-state index contributed by atoms with van der Waals surface area (Å²) < 4.78 is 46.5. The highest BCUT2D eigenvalue weighted by atomic mass is 19.4. The highest BCUT2D eigenvalue weighted by Crippen LogP contribution is 2.29. The number of benzene rings is 2. The summed E-state index contributed by atoms with van der Waals surface area (Å²) in [5, 5.41) is 2.61. The first kappa shape index (κ1) is 18.4. The van der Waals surface area contributed by atoms with Crippen LogP contribution in [0.1, 0.15) is 11.1 Å². The molecule has 0 aliphatic carbocycles. The summed E-state index contributed by atoms with van der Waals surface area (Å²) in [6.07, 6.45) is -4.79. The van der Waals surface area contributed by atoms with Gasteiger partial charge in [-0.05, 0) is 30.7 Å². The van der Waals surface area contributed by atoms with Crippen LogP contribution in [-0.2, 0) is 6.54 Å². The third-order valence-corrected chi connectivity index (χ3v) is 3.24. The minimum absolute atomic E-state index is 0.0409. The second-order valence-electron chi connectivity index (χ2n) is 5.19. The monoisotopic (exact) mass is 353 g/mol. The maximum atomic E-state index is 12.4. The number of ether oxygens (including phenoxy) is 2. The van der Waals surface area contributed by atoms with Crippen LogP contribution in [0.3, 0.4) is 0 Å². The maximum absolute atomic E-state index is 12.4. The van der Waals surface area contributed by atoms with E-state index in [1.54, 1.807) is 13.2 Å². The first-order valence-electron chi connectivity index (χ1n) is 7.34. The standard InChI is InChI=1S/C17H18F3N3O2/c1-11-7-8-12(15(9-11)24-2)10-22-16(21)23-13-5-3-4-6-14(13)25-17(18,19)20/h3-9H,10H2,1-2H3,(H3,21,22,23). The Morgan fingerprint density at radius 2 is 1.88 bits per heavy atom. The van der Waals surface area contributed by atoms with E-state index in [-0.39, 0.29) is 23.9 Å². The third kappa shape index (κ3) is 5.59.